The van der Waals surface area contributed by atoms with Crippen LogP contribution in [0.1, 0.15) is 30.9 Å². The number of aryl methyl sites for hydroxylation is 1. The highest BCUT2D eigenvalue weighted by Gasteiger charge is 2.43. The van der Waals surface area contributed by atoms with Gasteiger partial charge >= 0.3 is 19.2 Å². The van der Waals surface area contributed by atoms with Crippen molar-refractivity contribution in [2.75, 3.05) is 13.2 Å². The summed E-state index contributed by atoms with van der Waals surface area (Å²) in [6.07, 6.45) is -3.59. The zero-order valence-corrected chi connectivity index (χ0v) is 20.6. The van der Waals surface area contributed by atoms with Crippen LogP contribution in [0, 0.1) is 11.6 Å². The molecular formula is C19H25N4O11PS. The summed E-state index contributed by atoms with van der Waals surface area (Å²) in [5.74, 6) is 0. The fourth-order valence-electron chi connectivity index (χ4n) is 4.01. The van der Waals surface area contributed by atoms with Gasteiger partial charge in [-0.25, -0.2) is 14.2 Å². The molecule has 0 aromatic carbocycles. The minimum absolute atomic E-state index is 0.0322. The van der Waals surface area contributed by atoms with E-state index < -0.39 is 74.8 Å². The van der Waals surface area contributed by atoms with Gasteiger partial charge in [-0.3, -0.25) is 32.9 Å². The second-order valence-corrected chi connectivity index (χ2v) is 10.2. The Hall–Kier alpha value is -2.27. The van der Waals surface area contributed by atoms with Gasteiger partial charge in [0, 0.05) is 30.8 Å². The number of hydrogen-bond acceptors (Lipinski definition) is 11. The molecule has 0 spiro atoms. The highest BCUT2D eigenvalue weighted by atomic mass is 32.1. The molecule has 0 aliphatic carbocycles. The van der Waals surface area contributed by atoms with E-state index in [1.807, 2.05) is 0 Å². The largest absolute Gasteiger partial charge is 0.472 e. The van der Waals surface area contributed by atoms with Gasteiger partial charge in [-0.15, -0.1) is 0 Å². The number of ether oxygens (including phenoxy) is 2. The summed E-state index contributed by atoms with van der Waals surface area (Å²) in [6.45, 7) is 0.385. The highest BCUT2D eigenvalue weighted by Crippen LogP contribution is 2.48. The molecule has 2 aromatic rings. The van der Waals surface area contributed by atoms with Crippen molar-refractivity contribution in [3.05, 3.63) is 60.0 Å². The predicted molar refractivity (Wildman–Crippen MR) is 123 cm³/mol. The Balaban J connectivity index is 1.38. The number of hydrogen-bond donors (Lipinski definition) is 5. The molecule has 2 saturated heterocycles. The average Bonchev–Trinajstić information content (AvgIpc) is 3.37. The first-order chi connectivity index (χ1) is 17.0. The van der Waals surface area contributed by atoms with Gasteiger partial charge in [0.15, 0.2) is 0 Å². The lowest BCUT2D eigenvalue weighted by atomic mass is 10.2. The normalized spacial score (nSPS) is 29.9. The number of aliphatic hydroxyl groups excluding tert-OH is 2. The Labute approximate surface area is 207 Å². The van der Waals surface area contributed by atoms with E-state index in [1.54, 1.807) is 0 Å². The standard InChI is InChI=1S/C19H25N4O11PS/c1-9-6-23(19(28)21-17(9)26)15-4-10(25)13(33-15)8-31-35(29,30)34-11-5-16(32-12(11)7-24)22-3-2-14(36)20-18(22)27/h2-3,6,10-13,15-16,24-25H,4-5,7-8H2,1H3,(H,29,30)(H,20,27,36)(H,21,26,28)/t10-,11-,12+,13+,15+,16+/m0/s1. The number of rotatable bonds is 8. The van der Waals surface area contributed by atoms with Crippen LogP contribution in [0.15, 0.2) is 32.8 Å². The average molecular weight is 548 g/mol. The first-order valence-corrected chi connectivity index (χ1v) is 12.8. The number of aromatic amines is 2. The van der Waals surface area contributed by atoms with Gasteiger partial charge in [0.05, 0.1) is 19.3 Å². The molecule has 4 heterocycles. The van der Waals surface area contributed by atoms with Crippen LogP contribution in [0.5, 0.6) is 0 Å². The maximum atomic E-state index is 12.6. The summed E-state index contributed by atoms with van der Waals surface area (Å²) in [5.41, 5.74) is -1.58. The Kier molecular flexibility index (Phi) is 7.89. The summed E-state index contributed by atoms with van der Waals surface area (Å²) < 4.78 is 36.5. The fourth-order valence-corrected chi connectivity index (χ4v) is 5.11. The third kappa shape index (κ3) is 5.82. The van der Waals surface area contributed by atoms with E-state index in [4.69, 9.17) is 30.7 Å². The van der Waals surface area contributed by atoms with Crippen LogP contribution in [0.2, 0.25) is 0 Å². The molecule has 198 valence electrons. The lowest BCUT2D eigenvalue weighted by molar-refractivity contribution is -0.0575. The van der Waals surface area contributed by atoms with Crippen molar-refractivity contribution in [1.29, 1.82) is 0 Å². The topological polar surface area (TPSA) is 207 Å². The highest BCUT2D eigenvalue weighted by molar-refractivity contribution is 7.71. The number of aliphatic hydroxyl groups is 2. The molecule has 36 heavy (non-hydrogen) atoms. The number of nitrogens with one attached hydrogen (secondary N) is 2. The van der Waals surface area contributed by atoms with Crippen molar-refractivity contribution < 1.29 is 38.2 Å². The molecule has 7 atom stereocenters. The zero-order chi connectivity index (χ0) is 26.2. The maximum absolute atomic E-state index is 12.6. The van der Waals surface area contributed by atoms with E-state index >= 15 is 0 Å². The molecule has 17 heteroatoms. The molecule has 0 amide bonds. The second kappa shape index (κ2) is 10.6. The van der Waals surface area contributed by atoms with E-state index in [9.17, 15) is 34.1 Å². The molecular weight excluding hydrogens is 523 g/mol. The third-order valence-corrected chi connectivity index (χ3v) is 7.10. The van der Waals surface area contributed by atoms with E-state index in [0.29, 0.717) is 0 Å². The molecule has 5 N–H and O–H groups in total. The van der Waals surface area contributed by atoms with Crippen LogP contribution in [0.4, 0.5) is 0 Å². The quantitative estimate of drug-likeness (QED) is 0.203. The first kappa shape index (κ1) is 26.8. The lowest BCUT2D eigenvalue weighted by Crippen LogP contribution is -2.33. The van der Waals surface area contributed by atoms with Crippen molar-refractivity contribution in [3.8, 4) is 0 Å². The molecule has 0 radical (unpaired) electrons. The summed E-state index contributed by atoms with van der Waals surface area (Å²) in [4.78, 5) is 50.6. The van der Waals surface area contributed by atoms with Gasteiger partial charge in [-0.05, 0) is 13.0 Å². The molecule has 1 unspecified atom stereocenters. The molecule has 0 saturated carbocycles. The number of phosphoric ester groups is 1. The number of aromatic nitrogens is 4. The van der Waals surface area contributed by atoms with Gasteiger partial charge < -0.3 is 24.6 Å². The van der Waals surface area contributed by atoms with Gasteiger partial charge in [0.2, 0.25) is 0 Å². The third-order valence-electron chi connectivity index (χ3n) is 5.85. The summed E-state index contributed by atoms with van der Waals surface area (Å²) >= 11 is 4.89. The number of phosphoric acid groups is 1. The fraction of sp³-hybridized carbons (Fsp3) is 0.579. The second-order valence-electron chi connectivity index (χ2n) is 8.38. The van der Waals surface area contributed by atoms with Gasteiger partial charge in [-0.1, -0.05) is 12.2 Å². The minimum atomic E-state index is -4.73. The van der Waals surface area contributed by atoms with Crippen LogP contribution < -0.4 is 16.9 Å². The number of nitrogens with zero attached hydrogens (tertiary/aromatic N) is 2. The van der Waals surface area contributed by atoms with Gasteiger partial charge in [0.25, 0.3) is 5.56 Å². The van der Waals surface area contributed by atoms with E-state index in [2.05, 4.69) is 9.97 Å². The smallest absolute Gasteiger partial charge is 0.394 e. The molecule has 4 rings (SSSR count). The molecule has 2 aliphatic heterocycles. The van der Waals surface area contributed by atoms with Crippen LogP contribution >= 0.6 is 20.0 Å². The molecule has 2 aliphatic rings. The minimum Gasteiger partial charge on any atom is -0.394 e. The Morgan fingerprint density at radius 3 is 2.50 bits per heavy atom. The van der Waals surface area contributed by atoms with Gasteiger partial charge in [-0.2, -0.15) is 0 Å². The van der Waals surface area contributed by atoms with E-state index in [-0.39, 0.29) is 23.0 Å². The van der Waals surface area contributed by atoms with Crippen LogP contribution in [0.25, 0.3) is 0 Å². The molecule has 2 aromatic heterocycles. The van der Waals surface area contributed by atoms with Crippen molar-refractivity contribution in [3.63, 3.8) is 0 Å². The van der Waals surface area contributed by atoms with Crippen molar-refractivity contribution in [2.24, 2.45) is 0 Å². The van der Waals surface area contributed by atoms with Crippen LogP contribution in [-0.4, -0.2) is 71.8 Å². The molecule has 15 nitrogen and oxygen atoms in total. The van der Waals surface area contributed by atoms with E-state index in [1.165, 1.54) is 30.0 Å². The van der Waals surface area contributed by atoms with Crippen molar-refractivity contribution in [1.82, 2.24) is 19.1 Å². The molecule has 0 bridgehead atoms. The lowest BCUT2D eigenvalue weighted by Gasteiger charge is -2.22. The predicted octanol–water partition coefficient (Wildman–Crippen LogP) is -0.805. The molecule has 2 fully saturated rings. The van der Waals surface area contributed by atoms with Crippen molar-refractivity contribution >= 4 is 20.0 Å². The SMILES string of the molecule is Cc1cn([C@H]2C[C@H](O)[C@@H](COP(=O)(O)O[C@H]3C[C@H](n4ccc(=S)[nH]c4=O)O[C@@H]3CO)O2)c(=O)[nH]c1=O. The monoisotopic (exact) mass is 548 g/mol. The summed E-state index contributed by atoms with van der Waals surface area (Å²) in [6, 6.07) is 1.46. The Morgan fingerprint density at radius 1 is 1.14 bits per heavy atom. The van der Waals surface area contributed by atoms with E-state index in [0.717, 1.165) is 4.57 Å². The summed E-state index contributed by atoms with van der Waals surface area (Å²) in [7, 11) is -4.73. The summed E-state index contributed by atoms with van der Waals surface area (Å²) in [5, 5.41) is 19.9. The van der Waals surface area contributed by atoms with Crippen LogP contribution in [-0.2, 0) is 23.1 Å². The first-order valence-electron chi connectivity index (χ1n) is 10.9. The Bertz CT molecular complexity index is 1390. The zero-order valence-electron chi connectivity index (χ0n) is 18.9. The van der Waals surface area contributed by atoms with Crippen LogP contribution in [0.3, 0.4) is 0 Å². The maximum Gasteiger partial charge on any atom is 0.472 e. The van der Waals surface area contributed by atoms with Gasteiger partial charge in [0.1, 0.15) is 35.4 Å². The Morgan fingerprint density at radius 2 is 1.81 bits per heavy atom. The van der Waals surface area contributed by atoms with Crippen molar-refractivity contribution in [2.45, 2.75) is 56.6 Å². The number of H-pyrrole nitrogens is 2.